The lowest BCUT2D eigenvalue weighted by atomic mass is 9.92. The third kappa shape index (κ3) is 15.0. The SMILES string of the molecule is Cc1cc(-c2c(C)ccc3ccc4ccccc4c23)[n+](C)cn1.Cc1cc(-c2cc3nc(C)c4ccccc4c3cc2C)[n+](C)cc1C.Cc1ccc2ccc3ccccc3c2c1N1C=CN(C)[C@@H]1C.[2H]C([2H])([2H])c1c[n+](C)c(-c2cc3c(ccc4ccccc43)cc2C)cc1C.[2H]C([2H])([2H])c1c[n+](C)c(-c2cc3ccc4ccccc4c3cc2C)cc1C. The maximum Gasteiger partial charge on any atom is 0.286 e. The molecule has 118 heavy (non-hydrogen) atoms. The Kier molecular flexibility index (Phi) is 19.6. The van der Waals surface area contributed by atoms with Crippen molar-refractivity contribution in [2.75, 3.05) is 11.9 Å². The third-order valence-electron chi connectivity index (χ3n) is 24.3. The van der Waals surface area contributed by atoms with E-state index in [1.807, 2.05) is 62.5 Å². The van der Waals surface area contributed by atoms with Gasteiger partial charge in [0.2, 0.25) is 17.1 Å². The molecule has 0 bridgehead atoms. The van der Waals surface area contributed by atoms with Gasteiger partial charge in [-0.3, -0.25) is 4.98 Å². The van der Waals surface area contributed by atoms with Crippen LogP contribution in [-0.2, 0) is 28.2 Å². The average Bonchev–Trinajstić information content (AvgIpc) is 1.12. The second-order valence-corrected chi connectivity index (χ2v) is 32.4. The number of hydrogen-bond donors (Lipinski definition) is 0. The van der Waals surface area contributed by atoms with Crippen LogP contribution in [0, 0.1) is 89.9 Å². The van der Waals surface area contributed by atoms with Crippen molar-refractivity contribution in [3.8, 4) is 45.0 Å². The quantitative estimate of drug-likeness (QED) is 0.127. The summed E-state index contributed by atoms with van der Waals surface area (Å²) in [5, 5.41) is 24.0. The smallest absolute Gasteiger partial charge is 0.286 e. The van der Waals surface area contributed by atoms with Gasteiger partial charge in [-0.2, -0.15) is 0 Å². The summed E-state index contributed by atoms with van der Waals surface area (Å²) in [6, 6.07) is 90.9. The van der Waals surface area contributed by atoms with E-state index in [9.17, 15) is 0 Å². The normalized spacial score (nSPS) is 13.5. The fraction of sp³-hybridized carbons (Fsp3) is 0.182. The van der Waals surface area contributed by atoms with Crippen LogP contribution in [0.1, 0.15) is 87.7 Å². The minimum absolute atomic E-state index is 0.336. The summed E-state index contributed by atoms with van der Waals surface area (Å²) in [7, 11) is 10.1. The van der Waals surface area contributed by atoms with Crippen molar-refractivity contribution in [2.24, 2.45) is 28.2 Å². The zero-order valence-corrected chi connectivity index (χ0v) is 70.9. The molecule has 1 atom stereocenters. The van der Waals surface area contributed by atoms with Crippen molar-refractivity contribution in [3.05, 3.63) is 365 Å². The van der Waals surface area contributed by atoms with Crippen LogP contribution in [0.2, 0.25) is 0 Å². The molecule has 0 saturated heterocycles. The molecule has 582 valence electrons. The lowest BCUT2D eigenvalue weighted by Gasteiger charge is -2.30. The molecule has 1 aliphatic rings. The maximum absolute atomic E-state index is 7.75. The number of aryl methyl sites for hydroxylation is 17. The fourth-order valence-electron chi connectivity index (χ4n) is 17.4. The van der Waals surface area contributed by atoms with Crippen LogP contribution in [0.15, 0.2) is 292 Å². The van der Waals surface area contributed by atoms with E-state index in [1.165, 1.54) is 169 Å². The van der Waals surface area contributed by atoms with Gasteiger partial charge >= 0.3 is 0 Å². The first kappa shape index (κ1) is 71.3. The molecule has 1 aliphatic heterocycles. The van der Waals surface area contributed by atoms with Crippen LogP contribution >= 0.6 is 0 Å². The Labute approximate surface area is 703 Å². The molecule has 0 spiro atoms. The maximum atomic E-state index is 7.75. The summed E-state index contributed by atoms with van der Waals surface area (Å²) < 4.78 is 54.6. The lowest BCUT2D eigenvalue weighted by Crippen LogP contribution is -2.33. The monoisotopic (exact) mass is 1540 g/mol. The highest BCUT2D eigenvalue weighted by Gasteiger charge is 2.26. The number of hydrogen-bond acceptors (Lipinski definition) is 4. The van der Waals surface area contributed by atoms with Gasteiger partial charge in [0, 0.05) is 119 Å². The van der Waals surface area contributed by atoms with E-state index in [0.717, 1.165) is 50.5 Å². The molecule has 14 aromatic carbocycles. The molecule has 8 nitrogen and oxygen atoms in total. The van der Waals surface area contributed by atoms with E-state index >= 15 is 0 Å². The van der Waals surface area contributed by atoms with Gasteiger partial charge < -0.3 is 9.80 Å². The molecule has 0 unspecified atom stereocenters. The Morgan fingerprint density at radius 3 is 1.28 bits per heavy atom. The van der Waals surface area contributed by atoms with Gasteiger partial charge in [-0.15, -0.1) is 0 Å². The highest BCUT2D eigenvalue weighted by atomic mass is 15.4. The average molecular weight is 1550 g/mol. The summed E-state index contributed by atoms with van der Waals surface area (Å²) in [6.45, 7) is 21.1. The second kappa shape index (κ2) is 32.4. The predicted octanol–water partition coefficient (Wildman–Crippen LogP) is 25.3. The molecule has 0 saturated carbocycles. The van der Waals surface area contributed by atoms with Gasteiger partial charge in [0.15, 0.2) is 24.3 Å². The predicted molar refractivity (Wildman–Crippen MR) is 500 cm³/mol. The van der Waals surface area contributed by atoms with Crippen LogP contribution < -0.4 is 23.2 Å². The molecule has 20 rings (SSSR count). The first-order valence-electron chi connectivity index (χ1n) is 43.7. The van der Waals surface area contributed by atoms with Gasteiger partial charge in [-0.05, 0) is 245 Å². The number of aromatic nitrogens is 6. The molecule has 6 heterocycles. The summed E-state index contributed by atoms with van der Waals surface area (Å²) in [5.74, 6) is 0. The highest BCUT2D eigenvalue weighted by molar-refractivity contribution is 6.17. The molecule has 8 heteroatoms. The Morgan fingerprint density at radius 2 is 0.729 bits per heavy atom. The molecule has 0 N–H and O–H groups in total. The van der Waals surface area contributed by atoms with Crippen molar-refractivity contribution in [3.63, 3.8) is 0 Å². The van der Waals surface area contributed by atoms with E-state index in [1.54, 1.807) is 12.4 Å². The summed E-state index contributed by atoms with van der Waals surface area (Å²) >= 11 is 0. The molecule has 5 aromatic heterocycles. The molecule has 0 aliphatic carbocycles. The number of nitrogens with zero attached hydrogens (tertiary/aromatic N) is 8. The summed E-state index contributed by atoms with van der Waals surface area (Å²) in [4.78, 5) is 13.9. The van der Waals surface area contributed by atoms with Gasteiger partial charge in [0.05, 0.1) is 23.8 Å². The number of pyridine rings is 4. The molecule has 0 fully saturated rings. The van der Waals surface area contributed by atoms with E-state index in [4.69, 9.17) is 13.2 Å². The topological polar surface area (TPSA) is 47.8 Å². The minimum Gasteiger partial charge on any atom is -0.359 e. The highest BCUT2D eigenvalue weighted by Crippen LogP contribution is 2.42. The van der Waals surface area contributed by atoms with Crippen molar-refractivity contribution in [1.82, 2.24) is 14.9 Å². The van der Waals surface area contributed by atoms with Gasteiger partial charge in [-0.1, -0.05) is 205 Å². The second-order valence-electron chi connectivity index (χ2n) is 32.4. The summed E-state index contributed by atoms with van der Waals surface area (Å²) in [6.07, 6.45) is 12.2. The van der Waals surface area contributed by atoms with Crippen LogP contribution in [0.3, 0.4) is 0 Å². The van der Waals surface area contributed by atoms with E-state index in [-0.39, 0.29) is 0 Å². The van der Waals surface area contributed by atoms with E-state index < -0.39 is 13.7 Å². The lowest BCUT2D eigenvalue weighted by molar-refractivity contribution is -0.663. The van der Waals surface area contributed by atoms with Crippen LogP contribution in [-0.4, -0.2) is 28.1 Å². The van der Waals surface area contributed by atoms with E-state index in [0.29, 0.717) is 17.3 Å². The zero-order valence-electron chi connectivity index (χ0n) is 76.9. The molecule has 0 amide bonds. The Hall–Kier alpha value is -13.3. The standard InChI is InChI=1S/C23H23N2.2C23H22N.C21H19N2.C20H20N2/c1-14-11-23(25(5)13-16(14)3)20-12-22-21(10-15(20)2)19-9-7-6-8-18(19)17(4)24-22;1-15-12-23(24(4)14-17(15)3)21-13-19-10-9-18-7-5-6-8-20(18)22(19)11-16(21)2;1-15-12-23(24(4)14-17(15)3)21-13-22-19(11-16(21)2)10-9-18-7-5-6-8-20(18)22;1-14-8-9-17-11-10-16-6-4-5-7-18(16)21(17)20(14)19-12-15(2)22-13-23(19)3;1-14-8-9-17-11-10-16-6-4-5-7-18(16)19(17)20(14)22-13-12-21(3)15(22)2/h6-13H,1-5H3;2*5-14H,1-4H3;4-13H,1-3H3;4-13,15H,1-3H3/q4*+1;/t;;;;15-/m....0/s1/i;2*3D3;;. The van der Waals surface area contributed by atoms with E-state index in [2.05, 4.69) is 369 Å². The Morgan fingerprint density at radius 1 is 0.314 bits per heavy atom. The van der Waals surface area contributed by atoms with Gasteiger partial charge in [-0.25, -0.2) is 18.3 Å². The number of rotatable bonds is 5. The van der Waals surface area contributed by atoms with Gasteiger partial charge in [0.25, 0.3) is 6.33 Å². The molecule has 0 radical (unpaired) electrons. The van der Waals surface area contributed by atoms with Gasteiger partial charge in [0.1, 0.15) is 33.0 Å². The number of fused-ring (bicyclic) bond motifs is 15. The Bertz CT molecular complexity index is 7530. The molecular formula is C110H106N8+4. The first-order valence-corrected chi connectivity index (χ1v) is 40.7. The largest absolute Gasteiger partial charge is 0.359 e. The zero-order chi connectivity index (χ0) is 87.6. The van der Waals surface area contributed by atoms with Crippen molar-refractivity contribution < 1.29 is 26.5 Å². The Balaban J connectivity index is 0.000000115. The number of benzene rings is 14. The van der Waals surface area contributed by atoms with Crippen molar-refractivity contribution in [2.45, 2.75) is 103 Å². The van der Waals surface area contributed by atoms with Crippen LogP contribution in [0.4, 0.5) is 5.69 Å². The molecular weight excluding hydrogens is 1430 g/mol. The van der Waals surface area contributed by atoms with Crippen LogP contribution in [0.5, 0.6) is 0 Å². The molecule has 19 aromatic rings. The third-order valence-corrected chi connectivity index (χ3v) is 24.3. The summed E-state index contributed by atoms with van der Waals surface area (Å²) in [5.41, 5.74) is 25.0. The van der Waals surface area contributed by atoms with Crippen LogP contribution in [0.25, 0.3) is 153 Å². The van der Waals surface area contributed by atoms with Crippen molar-refractivity contribution >= 4 is 114 Å². The number of anilines is 1. The minimum atomic E-state index is -2.10. The fourth-order valence-corrected chi connectivity index (χ4v) is 17.4. The first-order chi connectivity index (χ1) is 59.3. The van der Waals surface area contributed by atoms with Crippen molar-refractivity contribution in [1.29, 1.82) is 0 Å².